The molecule has 0 spiro atoms. The first-order valence-corrected chi connectivity index (χ1v) is 8.56. The summed E-state index contributed by atoms with van der Waals surface area (Å²) < 4.78 is 0. The molecule has 0 N–H and O–H groups in total. The van der Waals surface area contributed by atoms with Gasteiger partial charge in [0.05, 0.1) is 0 Å². The first-order chi connectivity index (χ1) is 10.8. The van der Waals surface area contributed by atoms with Crippen molar-refractivity contribution in [2.75, 3.05) is 0 Å². The molecule has 0 amide bonds. The van der Waals surface area contributed by atoms with Crippen molar-refractivity contribution in [1.82, 2.24) is 0 Å². The minimum absolute atomic E-state index is 0.00372. The van der Waals surface area contributed by atoms with Gasteiger partial charge in [-0.05, 0) is 30.2 Å². The summed E-state index contributed by atoms with van der Waals surface area (Å²) in [4.78, 5) is 25.6. The molecule has 120 valence electrons. The summed E-state index contributed by atoms with van der Waals surface area (Å²) in [5.41, 5.74) is 0.935. The third-order valence-corrected chi connectivity index (χ3v) is 5.55. The van der Waals surface area contributed by atoms with Crippen molar-refractivity contribution < 1.29 is 9.59 Å². The summed E-state index contributed by atoms with van der Waals surface area (Å²) in [6.07, 6.45) is 0. The van der Waals surface area contributed by atoms with Gasteiger partial charge in [0, 0.05) is 21.4 Å². The lowest BCUT2D eigenvalue weighted by Gasteiger charge is -2.26. The number of ketones is 1. The molecule has 0 aliphatic heterocycles. The molecule has 3 heteroatoms. The highest BCUT2D eigenvalue weighted by Gasteiger charge is 2.31. The Bertz CT molecular complexity index is 685. The van der Waals surface area contributed by atoms with Gasteiger partial charge in [0.25, 0.3) is 0 Å². The van der Waals surface area contributed by atoms with Gasteiger partial charge >= 0.3 is 0 Å². The van der Waals surface area contributed by atoms with E-state index in [9.17, 15) is 9.59 Å². The van der Waals surface area contributed by atoms with Crippen molar-refractivity contribution in [2.45, 2.75) is 32.6 Å². The fourth-order valence-electron chi connectivity index (χ4n) is 1.90. The second-order valence-corrected chi connectivity index (χ2v) is 7.53. The Kier molecular flexibility index (Phi) is 5.42. The van der Waals surface area contributed by atoms with Crippen molar-refractivity contribution >= 4 is 22.7 Å². The number of benzene rings is 2. The van der Waals surface area contributed by atoms with Crippen LogP contribution in [0.15, 0.2) is 59.5 Å². The van der Waals surface area contributed by atoms with E-state index in [2.05, 4.69) is 13.8 Å². The van der Waals surface area contributed by atoms with Crippen LogP contribution in [0, 0.1) is 11.3 Å². The Morgan fingerprint density at radius 3 is 1.91 bits per heavy atom. The van der Waals surface area contributed by atoms with Crippen LogP contribution in [0.3, 0.4) is 0 Å². The molecule has 0 bridgehead atoms. The molecular formula is C20H22O2S. The zero-order valence-electron chi connectivity index (χ0n) is 14.0. The van der Waals surface area contributed by atoms with Gasteiger partial charge in [0.1, 0.15) is 0 Å². The molecule has 0 fully saturated rings. The highest BCUT2D eigenvalue weighted by Crippen LogP contribution is 2.35. The van der Waals surface area contributed by atoms with Crippen LogP contribution in [0.4, 0.5) is 0 Å². The Balaban J connectivity index is 2.11. The van der Waals surface area contributed by atoms with Crippen LogP contribution in [0.5, 0.6) is 0 Å². The molecule has 0 heterocycles. The molecule has 0 aliphatic rings. The van der Waals surface area contributed by atoms with E-state index in [1.54, 1.807) is 24.3 Å². The number of carbonyl (C=O) groups excluding carboxylic acids is 2. The maximum Gasteiger partial charge on any atom is 0.199 e. The molecule has 0 radical (unpaired) electrons. The zero-order valence-corrected chi connectivity index (χ0v) is 14.8. The van der Waals surface area contributed by atoms with Gasteiger partial charge in [-0.3, -0.25) is 9.59 Å². The summed E-state index contributed by atoms with van der Waals surface area (Å²) in [7, 11) is 0. The van der Waals surface area contributed by atoms with E-state index in [4.69, 9.17) is 0 Å². The lowest BCUT2D eigenvalue weighted by Crippen LogP contribution is -2.27. The standard InChI is InChI=1S/C20H22O2S/c1-14(2)20(3,4)19(22)23-17-12-10-16(11-13-17)18(21)15-8-6-5-7-9-15/h5-14H,1-4H3. The molecule has 2 aromatic rings. The van der Waals surface area contributed by atoms with Gasteiger partial charge < -0.3 is 0 Å². The van der Waals surface area contributed by atoms with E-state index >= 15 is 0 Å². The highest BCUT2D eigenvalue weighted by molar-refractivity contribution is 8.13. The predicted molar refractivity (Wildman–Crippen MR) is 95.8 cm³/mol. The molecule has 2 rings (SSSR count). The molecule has 23 heavy (non-hydrogen) atoms. The van der Waals surface area contributed by atoms with E-state index in [1.165, 1.54) is 11.8 Å². The fraction of sp³-hybridized carbons (Fsp3) is 0.300. The largest absolute Gasteiger partial charge is 0.289 e. The number of hydrogen-bond donors (Lipinski definition) is 0. The SMILES string of the molecule is CC(C)C(C)(C)C(=O)Sc1ccc(C(=O)c2ccccc2)cc1. The molecule has 2 aromatic carbocycles. The fourth-order valence-corrected chi connectivity index (χ4v) is 2.89. The predicted octanol–water partition coefficient (Wildman–Crippen LogP) is 5.22. The molecule has 0 unspecified atom stereocenters. The molecule has 0 aromatic heterocycles. The van der Waals surface area contributed by atoms with Crippen LogP contribution in [-0.4, -0.2) is 10.9 Å². The summed E-state index contributed by atoms with van der Waals surface area (Å²) in [5.74, 6) is 0.275. The van der Waals surface area contributed by atoms with Gasteiger partial charge in [-0.15, -0.1) is 0 Å². The molecular weight excluding hydrogens is 304 g/mol. The van der Waals surface area contributed by atoms with Crippen molar-refractivity contribution in [3.63, 3.8) is 0 Å². The topological polar surface area (TPSA) is 34.1 Å². The smallest absolute Gasteiger partial charge is 0.199 e. The Morgan fingerprint density at radius 1 is 0.870 bits per heavy atom. The highest BCUT2D eigenvalue weighted by atomic mass is 32.2. The zero-order chi connectivity index (χ0) is 17.0. The number of carbonyl (C=O) groups is 2. The summed E-state index contributed by atoms with van der Waals surface area (Å²) >= 11 is 1.24. The second kappa shape index (κ2) is 7.14. The van der Waals surface area contributed by atoms with Crippen LogP contribution in [0.2, 0.25) is 0 Å². The monoisotopic (exact) mass is 326 g/mol. The Morgan fingerprint density at radius 2 is 1.39 bits per heavy atom. The van der Waals surface area contributed by atoms with Crippen LogP contribution < -0.4 is 0 Å². The van der Waals surface area contributed by atoms with Crippen LogP contribution in [-0.2, 0) is 4.79 Å². The Hall–Kier alpha value is -1.87. The number of hydrogen-bond acceptors (Lipinski definition) is 3. The second-order valence-electron chi connectivity index (χ2n) is 6.49. The van der Waals surface area contributed by atoms with Crippen molar-refractivity contribution in [3.8, 4) is 0 Å². The van der Waals surface area contributed by atoms with Gasteiger partial charge in [0.15, 0.2) is 10.9 Å². The van der Waals surface area contributed by atoms with E-state index < -0.39 is 0 Å². The average molecular weight is 326 g/mol. The van der Waals surface area contributed by atoms with Gasteiger partial charge in [-0.1, -0.05) is 69.8 Å². The minimum atomic E-state index is -0.372. The van der Waals surface area contributed by atoms with E-state index in [0.29, 0.717) is 11.1 Å². The van der Waals surface area contributed by atoms with Gasteiger partial charge in [-0.25, -0.2) is 0 Å². The van der Waals surface area contributed by atoms with Crippen molar-refractivity contribution in [2.24, 2.45) is 11.3 Å². The first-order valence-electron chi connectivity index (χ1n) is 7.74. The number of rotatable bonds is 5. The lowest BCUT2D eigenvalue weighted by molar-refractivity contribution is -0.120. The molecule has 0 saturated heterocycles. The molecule has 0 atom stereocenters. The molecule has 0 saturated carbocycles. The summed E-state index contributed by atoms with van der Waals surface area (Å²) in [6, 6.07) is 16.5. The van der Waals surface area contributed by atoms with Crippen molar-refractivity contribution in [3.05, 3.63) is 65.7 Å². The van der Waals surface area contributed by atoms with Gasteiger partial charge in [-0.2, -0.15) is 0 Å². The quantitative estimate of drug-likeness (QED) is 0.558. The third kappa shape index (κ3) is 4.11. The maximum absolute atomic E-state index is 12.4. The van der Waals surface area contributed by atoms with Gasteiger partial charge in [0.2, 0.25) is 0 Å². The maximum atomic E-state index is 12.4. The molecule has 0 aliphatic carbocycles. The summed E-state index contributed by atoms with van der Waals surface area (Å²) in [5, 5.41) is 0.148. The van der Waals surface area contributed by atoms with Crippen LogP contribution >= 0.6 is 11.8 Å². The minimum Gasteiger partial charge on any atom is -0.289 e. The average Bonchev–Trinajstić information content (AvgIpc) is 2.55. The normalized spacial score (nSPS) is 11.5. The van der Waals surface area contributed by atoms with E-state index in [-0.39, 0.29) is 22.2 Å². The summed E-state index contributed by atoms with van der Waals surface area (Å²) in [6.45, 7) is 8.06. The Labute approximate surface area is 142 Å². The van der Waals surface area contributed by atoms with E-state index in [1.807, 2.05) is 44.2 Å². The first kappa shape index (κ1) is 17.5. The van der Waals surface area contributed by atoms with Crippen LogP contribution in [0.1, 0.15) is 43.6 Å². The lowest BCUT2D eigenvalue weighted by atomic mass is 9.83. The molecule has 2 nitrogen and oxygen atoms in total. The number of thioether (sulfide) groups is 1. The van der Waals surface area contributed by atoms with Crippen LogP contribution in [0.25, 0.3) is 0 Å². The van der Waals surface area contributed by atoms with E-state index in [0.717, 1.165) is 4.90 Å². The third-order valence-electron chi connectivity index (χ3n) is 4.33. The van der Waals surface area contributed by atoms with Crippen molar-refractivity contribution in [1.29, 1.82) is 0 Å².